The van der Waals surface area contributed by atoms with Gasteiger partial charge in [-0.3, -0.25) is 0 Å². The summed E-state index contributed by atoms with van der Waals surface area (Å²) in [5.41, 5.74) is 1.59. The van der Waals surface area contributed by atoms with Crippen LogP contribution in [0.25, 0.3) is 0 Å². The molecule has 1 aliphatic heterocycles. The molecule has 2 aromatic rings. The van der Waals surface area contributed by atoms with Crippen molar-refractivity contribution in [1.29, 1.82) is 0 Å². The van der Waals surface area contributed by atoms with Gasteiger partial charge in [0.05, 0.1) is 15.7 Å². The van der Waals surface area contributed by atoms with Gasteiger partial charge in [0, 0.05) is 24.8 Å². The number of anilines is 3. The molecule has 3 rings (SSSR count). The van der Waals surface area contributed by atoms with Crippen LogP contribution in [0.15, 0.2) is 24.3 Å². The highest BCUT2D eigenvalue weighted by Gasteiger charge is 2.19. The normalized spacial score (nSPS) is 15.7. The summed E-state index contributed by atoms with van der Waals surface area (Å²) in [5.74, 6) is 2.25. The molecular formula is C17H20Cl2N4. The first-order valence-corrected chi connectivity index (χ1v) is 8.60. The number of halogens is 2. The van der Waals surface area contributed by atoms with Gasteiger partial charge in [0.1, 0.15) is 5.82 Å². The maximum Gasteiger partial charge on any atom is 0.227 e. The number of para-hydroxylation sites is 1. The maximum absolute atomic E-state index is 6.22. The van der Waals surface area contributed by atoms with E-state index < -0.39 is 0 Å². The van der Waals surface area contributed by atoms with Crippen molar-refractivity contribution in [1.82, 2.24) is 9.97 Å². The van der Waals surface area contributed by atoms with Crippen LogP contribution in [0.3, 0.4) is 0 Å². The lowest BCUT2D eigenvalue weighted by molar-refractivity contribution is 0.434. The zero-order chi connectivity index (χ0) is 16.4. The molecule has 0 atom stereocenters. The number of aryl methyl sites for hydroxylation is 1. The monoisotopic (exact) mass is 350 g/mol. The summed E-state index contributed by atoms with van der Waals surface area (Å²) in [4.78, 5) is 11.5. The molecule has 0 saturated carbocycles. The Balaban J connectivity index is 1.86. The molecule has 6 heteroatoms. The van der Waals surface area contributed by atoms with Gasteiger partial charge in [-0.1, -0.05) is 36.2 Å². The highest BCUT2D eigenvalue weighted by Crippen LogP contribution is 2.32. The Morgan fingerprint density at radius 2 is 1.78 bits per heavy atom. The molecule has 2 heterocycles. The van der Waals surface area contributed by atoms with Gasteiger partial charge in [0.2, 0.25) is 5.95 Å². The zero-order valence-electron chi connectivity index (χ0n) is 13.3. The van der Waals surface area contributed by atoms with Gasteiger partial charge in [-0.2, -0.15) is 4.98 Å². The van der Waals surface area contributed by atoms with Gasteiger partial charge >= 0.3 is 0 Å². The summed E-state index contributed by atoms with van der Waals surface area (Å²) >= 11 is 12.4. The zero-order valence-corrected chi connectivity index (χ0v) is 14.8. The Morgan fingerprint density at radius 3 is 2.43 bits per heavy atom. The van der Waals surface area contributed by atoms with Crippen molar-refractivity contribution in [2.24, 2.45) is 5.92 Å². The van der Waals surface area contributed by atoms with Gasteiger partial charge in [-0.15, -0.1) is 0 Å². The molecule has 0 bridgehead atoms. The van der Waals surface area contributed by atoms with E-state index in [4.69, 9.17) is 23.2 Å². The van der Waals surface area contributed by atoms with Crippen LogP contribution in [0.1, 0.15) is 25.5 Å². The molecular weight excluding hydrogens is 331 g/mol. The second-order valence-electron chi connectivity index (χ2n) is 6.09. The van der Waals surface area contributed by atoms with Gasteiger partial charge in [0.25, 0.3) is 0 Å². The molecule has 1 aromatic heterocycles. The van der Waals surface area contributed by atoms with Gasteiger partial charge in [-0.25, -0.2) is 4.98 Å². The molecule has 1 aromatic carbocycles. The third kappa shape index (κ3) is 3.88. The molecule has 0 unspecified atom stereocenters. The van der Waals surface area contributed by atoms with Crippen LogP contribution < -0.4 is 10.2 Å². The SMILES string of the molecule is Cc1cc(Nc2c(Cl)cccc2Cl)nc(N2CCC(C)CC2)n1. The van der Waals surface area contributed by atoms with Crippen molar-refractivity contribution < 1.29 is 0 Å². The van der Waals surface area contributed by atoms with Crippen LogP contribution in [-0.2, 0) is 0 Å². The van der Waals surface area contributed by atoms with Crippen molar-refractivity contribution >= 4 is 40.7 Å². The van der Waals surface area contributed by atoms with E-state index in [0.29, 0.717) is 21.6 Å². The quantitative estimate of drug-likeness (QED) is 0.838. The molecule has 0 amide bonds. The van der Waals surface area contributed by atoms with Crippen molar-refractivity contribution in [3.63, 3.8) is 0 Å². The third-order valence-corrected chi connectivity index (χ3v) is 4.75. The number of hydrogen-bond acceptors (Lipinski definition) is 4. The molecule has 23 heavy (non-hydrogen) atoms. The molecule has 122 valence electrons. The second kappa shape index (κ2) is 6.93. The number of nitrogens with one attached hydrogen (secondary N) is 1. The number of benzene rings is 1. The van der Waals surface area contributed by atoms with Crippen LogP contribution >= 0.6 is 23.2 Å². The molecule has 1 aliphatic rings. The Hall–Kier alpha value is -1.52. The first-order valence-electron chi connectivity index (χ1n) is 7.84. The molecule has 0 spiro atoms. The smallest absolute Gasteiger partial charge is 0.227 e. The molecule has 4 nitrogen and oxygen atoms in total. The van der Waals surface area contributed by atoms with E-state index in [1.807, 2.05) is 19.1 Å². The molecule has 0 aliphatic carbocycles. The first-order chi connectivity index (χ1) is 11.0. The molecule has 1 saturated heterocycles. The second-order valence-corrected chi connectivity index (χ2v) is 6.90. The summed E-state index contributed by atoms with van der Waals surface area (Å²) in [7, 11) is 0. The maximum atomic E-state index is 6.22. The van der Waals surface area contributed by atoms with E-state index in [9.17, 15) is 0 Å². The van der Waals surface area contributed by atoms with E-state index in [2.05, 4.69) is 27.1 Å². The van der Waals surface area contributed by atoms with Crippen molar-refractivity contribution in [3.05, 3.63) is 40.0 Å². The first kappa shape index (κ1) is 16.3. The minimum atomic E-state index is 0.571. The predicted molar refractivity (Wildman–Crippen MR) is 97.1 cm³/mol. The Labute approximate surface area is 146 Å². The lowest BCUT2D eigenvalue weighted by Gasteiger charge is -2.30. The van der Waals surface area contributed by atoms with Crippen LogP contribution in [0.2, 0.25) is 10.0 Å². The summed E-state index contributed by atoms with van der Waals surface area (Å²) in [6.07, 6.45) is 2.35. The van der Waals surface area contributed by atoms with Crippen LogP contribution in [-0.4, -0.2) is 23.1 Å². The van der Waals surface area contributed by atoms with Gasteiger partial charge in [-0.05, 0) is 37.8 Å². The number of rotatable bonds is 3. The lowest BCUT2D eigenvalue weighted by atomic mass is 10.00. The predicted octanol–water partition coefficient (Wildman–Crippen LogP) is 5.07. The fourth-order valence-corrected chi connectivity index (χ4v) is 3.20. The van der Waals surface area contributed by atoms with Gasteiger partial charge in [0.15, 0.2) is 0 Å². The Morgan fingerprint density at radius 1 is 1.13 bits per heavy atom. The van der Waals surface area contributed by atoms with E-state index in [1.165, 1.54) is 12.8 Å². The van der Waals surface area contributed by atoms with Gasteiger partial charge < -0.3 is 10.2 Å². The number of piperidine rings is 1. The number of nitrogens with zero attached hydrogens (tertiary/aromatic N) is 3. The Bertz CT molecular complexity index is 677. The van der Waals surface area contributed by atoms with Crippen molar-refractivity contribution in [3.8, 4) is 0 Å². The lowest BCUT2D eigenvalue weighted by Crippen LogP contribution is -2.34. The fraction of sp³-hybridized carbons (Fsp3) is 0.412. The van der Waals surface area contributed by atoms with E-state index in [-0.39, 0.29) is 0 Å². The summed E-state index contributed by atoms with van der Waals surface area (Å²) in [6, 6.07) is 7.32. The number of hydrogen-bond donors (Lipinski definition) is 1. The van der Waals surface area contributed by atoms with Crippen molar-refractivity contribution in [2.45, 2.75) is 26.7 Å². The van der Waals surface area contributed by atoms with Crippen LogP contribution in [0.5, 0.6) is 0 Å². The fourth-order valence-electron chi connectivity index (χ4n) is 2.71. The van der Waals surface area contributed by atoms with Crippen LogP contribution in [0.4, 0.5) is 17.5 Å². The van der Waals surface area contributed by atoms with E-state index >= 15 is 0 Å². The molecule has 1 fully saturated rings. The average Bonchev–Trinajstić information content (AvgIpc) is 2.51. The van der Waals surface area contributed by atoms with E-state index in [1.54, 1.807) is 12.1 Å². The molecule has 1 N–H and O–H groups in total. The topological polar surface area (TPSA) is 41.1 Å². The number of aromatic nitrogens is 2. The highest BCUT2D eigenvalue weighted by molar-refractivity contribution is 6.39. The third-order valence-electron chi connectivity index (χ3n) is 4.12. The Kier molecular flexibility index (Phi) is 4.93. The van der Waals surface area contributed by atoms with Crippen LogP contribution in [0, 0.1) is 12.8 Å². The minimum Gasteiger partial charge on any atom is -0.341 e. The molecule has 0 radical (unpaired) electrons. The summed E-state index contributed by atoms with van der Waals surface area (Å²) in [5, 5.41) is 4.37. The minimum absolute atomic E-state index is 0.571. The summed E-state index contributed by atoms with van der Waals surface area (Å²) < 4.78 is 0. The van der Waals surface area contributed by atoms with Crippen molar-refractivity contribution in [2.75, 3.05) is 23.3 Å². The van der Waals surface area contributed by atoms with E-state index in [0.717, 1.165) is 30.6 Å². The largest absolute Gasteiger partial charge is 0.341 e. The standard InChI is InChI=1S/C17H20Cl2N4/c1-11-6-8-23(9-7-11)17-20-12(2)10-15(22-17)21-16-13(18)4-3-5-14(16)19/h3-5,10-11H,6-9H2,1-2H3,(H,20,21,22). The highest BCUT2D eigenvalue weighted by atomic mass is 35.5. The summed E-state index contributed by atoms with van der Waals surface area (Å²) in [6.45, 7) is 6.26. The average molecular weight is 351 g/mol.